The molecule has 0 radical (unpaired) electrons. The van der Waals surface area contributed by atoms with Gasteiger partial charge in [-0.1, -0.05) is 18.2 Å². The van der Waals surface area contributed by atoms with Crippen LogP contribution in [0.25, 0.3) is 11.2 Å². The molecule has 10 heteroatoms. The van der Waals surface area contributed by atoms with E-state index < -0.39 is 17.6 Å². The van der Waals surface area contributed by atoms with Gasteiger partial charge in [0.2, 0.25) is 5.95 Å². The molecule has 2 heterocycles. The fraction of sp³-hybridized carbons (Fsp3) is 0.250. The average molecular weight is 359 g/mol. The molecule has 1 unspecified atom stereocenters. The Balaban J connectivity index is 1.61. The van der Waals surface area contributed by atoms with Crippen molar-refractivity contribution in [2.24, 2.45) is 0 Å². The predicted octanol–water partition coefficient (Wildman–Crippen LogP) is -0.106. The molecule has 1 atom stereocenters. The van der Waals surface area contributed by atoms with Crippen molar-refractivity contribution < 1.29 is 19.4 Å². The summed E-state index contributed by atoms with van der Waals surface area (Å²) in [5.74, 6) is -0.554. The zero-order valence-corrected chi connectivity index (χ0v) is 13.7. The lowest BCUT2D eigenvalue weighted by molar-refractivity contribution is -0.0559. The van der Waals surface area contributed by atoms with Crippen molar-refractivity contribution >= 4 is 23.1 Å². The van der Waals surface area contributed by atoms with Crippen molar-refractivity contribution in [1.82, 2.24) is 19.5 Å². The van der Waals surface area contributed by atoms with Gasteiger partial charge in [0.15, 0.2) is 11.2 Å². The van der Waals surface area contributed by atoms with E-state index in [1.807, 2.05) is 0 Å². The van der Waals surface area contributed by atoms with Crippen LogP contribution in [0.15, 0.2) is 41.5 Å². The number of hydrogen-bond donors (Lipinski definition) is 3. The Hall–Kier alpha value is -3.24. The Bertz CT molecular complexity index is 953. The first-order chi connectivity index (χ1) is 12.6. The van der Waals surface area contributed by atoms with Gasteiger partial charge in [-0.05, 0) is 12.1 Å². The van der Waals surface area contributed by atoms with E-state index in [-0.39, 0.29) is 37.1 Å². The summed E-state index contributed by atoms with van der Waals surface area (Å²) in [6.07, 6.45) is 0.621. The van der Waals surface area contributed by atoms with Gasteiger partial charge < -0.3 is 20.3 Å². The summed E-state index contributed by atoms with van der Waals surface area (Å²) < 4.78 is 12.1. The number of carbonyl (C=O) groups excluding carboxylic acids is 1. The number of carbonyl (C=O) groups is 1. The highest BCUT2D eigenvalue weighted by Gasteiger charge is 2.15. The molecule has 0 bridgehead atoms. The van der Waals surface area contributed by atoms with Gasteiger partial charge in [0.25, 0.3) is 5.56 Å². The van der Waals surface area contributed by atoms with Crippen LogP contribution < -0.4 is 11.3 Å². The van der Waals surface area contributed by atoms with Gasteiger partial charge in [-0.3, -0.25) is 14.3 Å². The monoisotopic (exact) mass is 359 g/mol. The summed E-state index contributed by atoms with van der Waals surface area (Å²) in [4.78, 5) is 33.9. The van der Waals surface area contributed by atoms with E-state index in [0.717, 1.165) is 0 Å². The highest BCUT2D eigenvalue weighted by atomic mass is 16.6. The molecule has 0 spiro atoms. The van der Waals surface area contributed by atoms with E-state index in [0.29, 0.717) is 5.56 Å². The maximum absolute atomic E-state index is 11.9. The first kappa shape index (κ1) is 17.6. The minimum Gasteiger partial charge on any atom is -0.459 e. The van der Waals surface area contributed by atoms with Crippen molar-refractivity contribution in [3.63, 3.8) is 0 Å². The third-order valence-corrected chi connectivity index (χ3v) is 3.56. The summed E-state index contributed by atoms with van der Waals surface area (Å²) in [5, 5.41) is 9.41. The summed E-state index contributed by atoms with van der Waals surface area (Å²) in [6, 6.07) is 8.49. The number of nitrogen functional groups attached to an aromatic ring is 1. The molecule has 0 saturated carbocycles. The first-order valence-electron chi connectivity index (χ1n) is 7.73. The lowest BCUT2D eigenvalue weighted by Gasteiger charge is -2.16. The lowest BCUT2D eigenvalue weighted by Crippen LogP contribution is -2.27. The molecule has 3 rings (SSSR count). The molecule has 0 aliphatic carbocycles. The fourth-order valence-electron chi connectivity index (χ4n) is 2.23. The highest BCUT2D eigenvalue weighted by molar-refractivity contribution is 5.89. The number of benzene rings is 1. The second-order valence-corrected chi connectivity index (χ2v) is 5.40. The van der Waals surface area contributed by atoms with E-state index in [1.165, 1.54) is 10.9 Å². The van der Waals surface area contributed by atoms with Gasteiger partial charge in [0.05, 0.1) is 18.5 Å². The quantitative estimate of drug-likeness (QED) is 0.496. The molecule has 2 aromatic heterocycles. The van der Waals surface area contributed by atoms with Crippen LogP contribution in [0, 0.1) is 0 Å². The van der Waals surface area contributed by atoms with Gasteiger partial charge in [-0.15, -0.1) is 0 Å². The smallest absolute Gasteiger partial charge is 0.338 e. The third-order valence-electron chi connectivity index (χ3n) is 3.56. The number of nitrogens with zero attached hydrogens (tertiary/aromatic N) is 3. The second kappa shape index (κ2) is 7.76. The van der Waals surface area contributed by atoms with E-state index in [1.54, 1.807) is 30.3 Å². The molecule has 0 saturated heterocycles. The molecule has 1 aromatic carbocycles. The van der Waals surface area contributed by atoms with E-state index in [2.05, 4.69) is 15.0 Å². The molecule has 26 heavy (non-hydrogen) atoms. The second-order valence-electron chi connectivity index (χ2n) is 5.40. The van der Waals surface area contributed by atoms with Crippen LogP contribution in [0.2, 0.25) is 0 Å². The van der Waals surface area contributed by atoms with Crippen molar-refractivity contribution in [3.05, 3.63) is 52.6 Å². The van der Waals surface area contributed by atoms with Crippen molar-refractivity contribution in [2.75, 3.05) is 18.9 Å². The predicted molar refractivity (Wildman–Crippen MR) is 91.2 cm³/mol. The van der Waals surface area contributed by atoms with Crippen molar-refractivity contribution in [1.29, 1.82) is 0 Å². The summed E-state index contributed by atoms with van der Waals surface area (Å²) in [6.45, 7) is -0.543. The summed E-state index contributed by atoms with van der Waals surface area (Å²) in [7, 11) is 0. The molecule has 10 nitrogen and oxygen atoms in total. The zero-order valence-electron chi connectivity index (χ0n) is 13.7. The number of H-pyrrole nitrogens is 1. The number of fused-ring (bicyclic) bond motifs is 1. The number of nitrogens with one attached hydrogen (secondary N) is 1. The third kappa shape index (κ3) is 3.87. The highest BCUT2D eigenvalue weighted by Crippen LogP contribution is 2.08. The molecule has 136 valence electrons. The standard InChI is InChI=1S/C16H17N5O5/c17-16-19-13-12(14(23)20-16)18-8-21(13)9-26-11(6-22)7-25-15(24)10-4-2-1-3-5-10/h1-5,8,11,22H,6-7,9H2,(H3,17,19,20,23). The van der Waals surface area contributed by atoms with Crippen LogP contribution in [0.1, 0.15) is 10.4 Å². The number of esters is 1. The zero-order chi connectivity index (χ0) is 18.5. The van der Waals surface area contributed by atoms with Gasteiger partial charge in [-0.2, -0.15) is 4.98 Å². The number of aromatic nitrogens is 4. The van der Waals surface area contributed by atoms with Gasteiger partial charge in [-0.25, -0.2) is 9.78 Å². The number of aliphatic hydroxyl groups excluding tert-OH is 1. The molecule has 0 fully saturated rings. The largest absolute Gasteiger partial charge is 0.459 e. The lowest BCUT2D eigenvalue weighted by atomic mass is 10.2. The van der Waals surface area contributed by atoms with Crippen LogP contribution in [0.5, 0.6) is 0 Å². The average Bonchev–Trinajstić information content (AvgIpc) is 3.05. The number of imidazole rings is 1. The van der Waals surface area contributed by atoms with Crippen LogP contribution in [0.4, 0.5) is 5.95 Å². The summed E-state index contributed by atoms with van der Waals surface area (Å²) in [5.41, 5.74) is 5.85. The number of ether oxygens (including phenoxy) is 2. The molecular formula is C16H17N5O5. The maximum Gasteiger partial charge on any atom is 0.338 e. The maximum atomic E-state index is 11.9. The Morgan fingerprint density at radius 3 is 2.85 bits per heavy atom. The first-order valence-corrected chi connectivity index (χ1v) is 7.73. The van der Waals surface area contributed by atoms with Crippen molar-refractivity contribution in [3.8, 4) is 0 Å². The minimum absolute atomic E-state index is 0.0419. The summed E-state index contributed by atoms with van der Waals surface area (Å²) >= 11 is 0. The van der Waals surface area contributed by atoms with E-state index in [9.17, 15) is 14.7 Å². The van der Waals surface area contributed by atoms with Crippen LogP contribution in [-0.2, 0) is 16.2 Å². The number of aliphatic hydroxyl groups is 1. The fourth-order valence-corrected chi connectivity index (χ4v) is 2.23. The molecule has 3 aromatic rings. The molecular weight excluding hydrogens is 342 g/mol. The van der Waals surface area contributed by atoms with Crippen molar-refractivity contribution in [2.45, 2.75) is 12.8 Å². The Morgan fingerprint density at radius 2 is 2.12 bits per heavy atom. The normalized spacial score (nSPS) is 12.2. The molecule has 0 aliphatic rings. The van der Waals surface area contributed by atoms with Crippen LogP contribution in [-0.4, -0.2) is 49.9 Å². The number of anilines is 1. The topological polar surface area (TPSA) is 145 Å². The van der Waals surface area contributed by atoms with Gasteiger partial charge in [0, 0.05) is 0 Å². The minimum atomic E-state index is -0.751. The van der Waals surface area contributed by atoms with Crippen LogP contribution in [0.3, 0.4) is 0 Å². The Kier molecular flexibility index (Phi) is 5.25. The number of hydrogen-bond acceptors (Lipinski definition) is 8. The Labute approximate surface area is 147 Å². The SMILES string of the molecule is Nc1nc2c(ncn2COC(CO)COC(=O)c2ccccc2)c(=O)[nH]1. The van der Waals surface area contributed by atoms with E-state index in [4.69, 9.17) is 15.2 Å². The molecule has 4 N–H and O–H groups in total. The number of aromatic amines is 1. The molecule has 0 aliphatic heterocycles. The number of nitrogens with two attached hydrogens (primary N) is 1. The van der Waals surface area contributed by atoms with Gasteiger partial charge in [0.1, 0.15) is 19.4 Å². The van der Waals surface area contributed by atoms with Crippen LogP contribution >= 0.6 is 0 Å². The van der Waals surface area contributed by atoms with E-state index >= 15 is 0 Å². The molecule has 0 amide bonds. The number of rotatable bonds is 7. The Morgan fingerprint density at radius 1 is 1.35 bits per heavy atom. The van der Waals surface area contributed by atoms with Gasteiger partial charge >= 0.3 is 5.97 Å².